The van der Waals surface area contributed by atoms with E-state index in [4.69, 9.17) is 4.74 Å². The number of carbonyl (C=O) groups excluding carboxylic acids is 1. The molecule has 1 atom stereocenters. The maximum absolute atomic E-state index is 12.7. The summed E-state index contributed by atoms with van der Waals surface area (Å²) in [5, 5.41) is 10.0. The smallest absolute Gasteiger partial charge is 0.308 e. The Balaban J connectivity index is 2.59. The zero-order valence-electron chi connectivity index (χ0n) is 10.1. The van der Waals surface area contributed by atoms with Crippen molar-refractivity contribution in [2.45, 2.75) is 32.3 Å². The highest BCUT2D eigenvalue weighted by atomic mass is 19.1. The van der Waals surface area contributed by atoms with Crippen molar-refractivity contribution in [1.29, 1.82) is 0 Å². The lowest BCUT2D eigenvalue weighted by Gasteiger charge is -2.22. The van der Waals surface area contributed by atoms with Crippen LogP contribution in [-0.4, -0.2) is 23.3 Å². The zero-order chi connectivity index (χ0) is 12.9. The van der Waals surface area contributed by atoms with Crippen molar-refractivity contribution in [1.82, 2.24) is 0 Å². The van der Waals surface area contributed by atoms with E-state index in [1.165, 1.54) is 12.1 Å². The van der Waals surface area contributed by atoms with Crippen molar-refractivity contribution in [2.75, 3.05) is 6.61 Å². The van der Waals surface area contributed by atoms with E-state index in [0.29, 0.717) is 6.61 Å². The fourth-order valence-electron chi connectivity index (χ4n) is 1.63. The van der Waals surface area contributed by atoms with Crippen molar-refractivity contribution < 1.29 is 19.0 Å². The van der Waals surface area contributed by atoms with Crippen LogP contribution in [0.1, 0.15) is 25.8 Å². The predicted molar refractivity (Wildman–Crippen MR) is 62.0 cm³/mol. The second kappa shape index (κ2) is 5.77. The Morgan fingerprint density at radius 1 is 1.41 bits per heavy atom. The molecule has 0 aliphatic rings. The number of carbonyl (C=O) groups is 1. The van der Waals surface area contributed by atoms with E-state index < -0.39 is 11.6 Å². The van der Waals surface area contributed by atoms with Gasteiger partial charge in [0.25, 0.3) is 0 Å². The van der Waals surface area contributed by atoms with Gasteiger partial charge in [0.2, 0.25) is 0 Å². The van der Waals surface area contributed by atoms with Crippen molar-refractivity contribution in [2.24, 2.45) is 0 Å². The summed E-state index contributed by atoms with van der Waals surface area (Å²) in [6.45, 7) is 3.57. The third-order valence-corrected chi connectivity index (χ3v) is 2.33. The molecule has 0 heterocycles. The molecule has 0 aliphatic heterocycles. The van der Waals surface area contributed by atoms with Crippen LogP contribution in [0.2, 0.25) is 0 Å². The van der Waals surface area contributed by atoms with Crippen LogP contribution in [-0.2, 0) is 16.0 Å². The average Bonchev–Trinajstić information content (AvgIpc) is 2.20. The van der Waals surface area contributed by atoms with Crippen LogP contribution in [0.5, 0.6) is 0 Å². The topological polar surface area (TPSA) is 46.5 Å². The number of benzene rings is 1. The Morgan fingerprint density at radius 2 is 2.00 bits per heavy atom. The second-order valence-electron chi connectivity index (χ2n) is 4.28. The highest BCUT2D eigenvalue weighted by molar-refractivity contribution is 5.70. The Morgan fingerprint density at radius 3 is 2.53 bits per heavy atom. The molecular weight excluding hydrogens is 223 g/mol. The van der Waals surface area contributed by atoms with Gasteiger partial charge in [0.05, 0.1) is 18.6 Å². The Hall–Kier alpha value is -1.42. The first-order valence-electron chi connectivity index (χ1n) is 5.55. The van der Waals surface area contributed by atoms with Gasteiger partial charge in [-0.3, -0.25) is 4.79 Å². The molecule has 1 N–H and O–H groups in total. The predicted octanol–water partition coefficient (Wildman–Crippen LogP) is 2.07. The summed E-state index contributed by atoms with van der Waals surface area (Å²) in [5.74, 6) is -0.751. The first-order chi connectivity index (χ1) is 7.93. The van der Waals surface area contributed by atoms with Crippen LogP contribution in [0.15, 0.2) is 24.3 Å². The van der Waals surface area contributed by atoms with E-state index in [2.05, 4.69) is 0 Å². The number of aliphatic hydroxyl groups is 1. The standard InChI is InChI=1S/C13H17FO3/c1-3-17-12(15)9-13(2,16)8-10-4-6-11(14)7-5-10/h4-7,16H,3,8-9H2,1-2H3. The molecule has 0 aromatic heterocycles. The molecule has 0 bridgehead atoms. The van der Waals surface area contributed by atoms with Gasteiger partial charge in [-0.1, -0.05) is 12.1 Å². The summed E-state index contributed by atoms with van der Waals surface area (Å²) in [4.78, 5) is 11.3. The Kier molecular flexibility index (Phi) is 4.63. The Labute approximate surface area is 100 Å². The van der Waals surface area contributed by atoms with Gasteiger partial charge in [0.1, 0.15) is 5.82 Å². The second-order valence-corrected chi connectivity index (χ2v) is 4.28. The Bertz CT molecular complexity index is 371. The van der Waals surface area contributed by atoms with Gasteiger partial charge < -0.3 is 9.84 Å². The monoisotopic (exact) mass is 240 g/mol. The first kappa shape index (κ1) is 13.6. The zero-order valence-corrected chi connectivity index (χ0v) is 10.1. The van der Waals surface area contributed by atoms with Crippen molar-refractivity contribution >= 4 is 5.97 Å². The lowest BCUT2D eigenvalue weighted by atomic mass is 9.93. The summed E-state index contributed by atoms with van der Waals surface area (Å²) in [7, 11) is 0. The summed E-state index contributed by atoms with van der Waals surface area (Å²) in [6.07, 6.45) is 0.213. The minimum absolute atomic E-state index is 0.0712. The maximum Gasteiger partial charge on any atom is 0.308 e. The summed E-state index contributed by atoms with van der Waals surface area (Å²) < 4.78 is 17.5. The molecule has 1 unspecified atom stereocenters. The fourth-order valence-corrected chi connectivity index (χ4v) is 1.63. The van der Waals surface area contributed by atoms with Crippen LogP contribution in [0.25, 0.3) is 0 Å². The number of hydrogen-bond acceptors (Lipinski definition) is 3. The molecule has 4 heteroatoms. The van der Waals surface area contributed by atoms with E-state index in [1.54, 1.807) is 26.0 Å². The van der Waals surface area contributed by atoms with E-state index in [1.807, 2.05) is 0 Å². The van der Waals surface area contributed by atoms with E-state index >= 15 is 0 Å². The molecule has 1 aromatic rings. The van der Waals surface area contributed by atoms with E-state index in [0.717, 1.165) is 5.56 Å². The molecule has 0 radical (unpaired) electrons. The van der Waals surface area contributed by atoms with Crippen LogP contribution >= 0.6 is 0 Å². The van der Waals surface area contributed by atoms with Gasteiger partial charge >= 0.3 is 5.97 Å². The molecule has 0 saturated heterocycles. The summed E-state index contributed by atoms with van der Waals surface area (Å²) in [6, 6.07) is 5.84. The number of hydrogen-bond donors (Lipinski definition) is 1. The third-order valence-electron chi connectivity index (χ3n) is 2.33. The highest BCUT2D eigenvalue weighted by Crippen LogP contribution is 2.18. The van der Waals surface area contributed by atoms with Gasteiger partial charge in [-0.05, 0) is 31.5 Å². The van der Waals surface area contributed by atoms with Crippen molar-refractivity contribution in [3.63, 3.8) is 0 Å². The lowest BCUT2D eigenvalue weighted by Crippen LogP contribution is -2.31. The van der Waals surface area contributed by atoms with E-state index in [-0.39, 0.29) is 18.7 Å². The van der Waals surface area contributed by atoms with E-state index in [9.17, 15) is 14.3 Å². The van der Waals surface area contributed by atoms with Crippen molar-refractivity contribution in [3.05, 3.63) is 35.6 Å². The fraction of sp³-hybridized carbons (Fsp3) is 0.462. The average molecular weight is 240 g/mol. The molecule has 1 rings (SSSR count). The molecule has 0 aliphatic carbocycles. The molecule has 1 aromatic carbocycles. The summed E-state index contributed by atoms with van der Waals surface area (Å²) >= 11 is 0. The molecule has 0 fully saturated rings. The number of rotatable bonds is 5. The lowest BCUT2D eigenvalue weighted by molar-refractivity contribution is -0.148. The highest BCUT2D eigenvalue weighted by Gasteiger charge is 2.25. The van der Waals surface area contributed by atoms with Crippen LogP contribution < -0.4 is 0 Å². The summed E-state index contributed by atoms with van der Waals surface area (Å²) in [5.41, 5.74) is -0.398. The number of esters is 1. The van der Waals surface area contributed by atoms with Gasteiger partial charge in [0, 0.05) is 6.42 Å². The minimum atomic E-state index is -1.18. The largest absolute Gasteiger partial charge is 0.466 e. The van der Waals surface area contributed by atoms with Gasteiger partial charge in [-0.2, -0.15) is 0 Å². The molecule has 17 heavy (non-hydrogen) atoms. The molecule has 94 valence electrons. The quantitative estimate of drug-likeness (QED) is 0.801. The SMILES string of the molecule is CCOC(=O)CC(C)(O)Cc1ccc(F)cc1. The molecule has 3 nitrogen and oxygen atoms in total. The molecular formula is C13H17FO3. The van der Waals surface area contributed by atoms with Crippen LogP contribution in [0, 0.1) is 5.82 Å². The maximum atomic E-state index is 12.7. The number of halogens is 1. The minimum Gasteiger partial charge on any atom is -0.466 e. The third kappa shape index (κ3) is 4.95. The first-order valence-corrected chi connectivity index (χ1v) is 5.55. The number of ether oxygens (including phenoxy) is 1. The van der Waals surface area contributed by atoms with Crippen LogP contribution in [0.3, 0.4) is 0 Å². The molecule has 0 spiro atoms. The van der Waals surface area contributed by atoms with Gasteiger partial charge in [-0.25, -0.2) is 4.39 Å². The van der Waals surface area contributed by atoms with Crippen molar-refractivity contribution in [3.8, 4) is 0 Å². The van der Waals surface area contributed by atoms with Gasteiger partial charge in [-0.15, -0.1) is 0 Å². The molecule has 0 amide bonds. The normalized spacial score (nSPS) is 14.1. The van der Waals surface area contributed by atoms with Gasteiger partial charge in [0.15, 0.2) is 0 Å². The van der Waals surface area contributed by atoms with Crippen LogP contribution in [0.4, 0.5) is 4.39 Å². The molecule has 0 saturated carbocycles.